The second-order valence-electron chi connectivity index (χ2n) is 6.58. The summed E-state index contributed by atoms with van der Waals surface area (Å²) < 4.78 is 18.6. The summed E-state index contributed by atoms with van der Waals surface area (Å²) >= 11 is 1.45. The van der Waals surface area contributed by atoms with Gasteiger partial charge >= 0.3 is 0 Å². The third kappa shape index (κ3) is 5.32. The van der Waals surface area contributed by atoms with Gasteiger partial charge in [0.05, 0.1) is 0 Å². The van der Waals surface area contributed by atoms with Gasteiger partial charge in [-0.25, -0.2) is 9.37 Å². The van der Waals surface area contributed by atoms with Gasteiger partial charge in [0.1, 0.15) is 31.1 Å². The number of carbonyl (C=O) groups excluding carboxylic acids is 1. The number of aromatic nitrogens is 1. The van der Waals surface area contributed by atoms with Crippen molar-refractivity contribution in [1.29, 1.82) is 0 Å². The van der Waals surface area contributed by atoms with E-state index < -0.39 is 0 Å². The number of thiazole rings is 1. The highest BCUT2D eigenvalue weighted by atomic mass is 32.1. The molecule has 0 saturated carbocycles. The fraction of sp³-hybridized carbons (Fsp3) is 0.444. The standard InChI is InChI=1S/C18H22FN3O2S/c1-12-9-22(10-13(2)24-12)11-17(23)21-18-20-8-16(25-18)7-14-3-5-15(19)6-4-14/h3-6,8,12-13H,7,9-11H2,1-2H3,(H,20,21,23)/p+1/t12-,13-/m1/s1. The van der Waals surface area contributed by atoms with Crippen molar-refractivity contribution in [2.45, 2.75) is 32.5 Å². The van der Waals surface area contributed by atoms with Crippen LogP contribution in [0.3, 0.4) is 0 Å². The first-order chi connectivity index (χ1) is 12.0. The fourth-order valence-corrected chi connectivity index (χ4v) is 4.04. The first-order valence-electron chi connectivity index (χ1n) is 8.46. The zero-order chi connectivity index (χ0) is 17.8. The molecule has 2 atom stereocenters. The van der Waals surface area contributed by atoms with Gasteiger partial charge in [0, 0.05) is 17.5 Å². The molecule has 0 bridgehead atoms. The van der Waals surface area contributed by atoms with E-state index in [2.05, 4.69) is 10.3 Å². The van der Waals surface area contributed by atoms with Crippen molar-refractivity contribution in [3.8, 4) is 0 Å². The number of benzene rings is 1. The van der Waals surface area contributed by atoms with Crippen LogP contribution in [-0.4, -0.2) is 42.7 Å². The molecule has 3 rings (SSSR count). The number of morpholine rings is 1. The third-order valence-electron chi connectivity index (χ3n) is 4.12. The van der Waals surface area contributed by atoms with E-state index >= 15 is 0 Å². The fourth-order valence-electron chi connectivity index (χ4n) is 3.17. The average Bonchev–Trinajstić information content (AvgIpc) is 2.95. The Bertz CT molecular complexity index is 709. The molecule has 25 heavy (non-hydrogen) atoms. The summed E-state index contributed by atoms with van der Waals surface area (Å²) in [5.74, 6) is -0.269. The molecule has 1 aromatic carbocycles. The molecule has 2 aromatic rings. The van der Waals surface area contributed by atoms with Crippen molar-refractivity contribution < 1.29 is 18.8 Å². The minimum atomic E-state index is -0.241. The van der Waals surface area contributed by atoms with Crippen LogP contribution in [0.1, 0.15) is 24.3 Å². The second kappa shape index (κ2) is 8.03. The van der Waals surface area contributed by atoms with Gasteiger partial charge in [-0.3, -0.25) is 10.1 Å². The number of anilines is 1. The van der Waals surface area contributed by atoms with Crippen LogP contribution >= 0.6 is 11.3 Å². The van der Waals surface area contributed by atoms with Crippen LogP contribution in [0.15, 0.2) is 30.5 Å². The molecule has 0 radical (unpaired) electrons. The summed E-state index contributed by atoms with van der Waals surface area (Å²) in [7, 11) is 0. The third-order valence-corrected chi connectivity index (χ3v) is 5.03. The highest BCUT2D eigenvalue weighted by molar-refractivity contribution is 7.15. The number of nitrogens with one attached hydrogen (secondary N) is 2. The number of nitrogens with zero attached hydrogens (tertiary/aromatic N) is 1. The predicted octanol–water partition coefficient (Wildman–Crippen LogP) is 1.50. The Labute approximate surface area is 150 Å². The van der Waals surface area contributed by atoms with E-state index in [1.807, 2.05) is 13.8 Å². The van der Waals surface area contributed by atoms with Gasteiger partial charge < -0.3 is 9.64 Å². The van der Waals surface area contributed by atoms with E-state index in [-0.39, 0.29) is 23.9 Å². The topological polar surface area (TPSA) is 55.7 Å². The first-order valence-corrected chi connectivity index (χ1v) is 9.27. The molecule has 0 spiro atoms. The number of quaternary nitrogens is 1. The summed E-state index contributed by atoms with van der Waals surface area (Å²) in [6, 6.07) is 6.42. The van der Waals surface area contributed by atoms with Gasteiger partial charge in [-0.2, -0.15) is 0 Å². The van der Waals surface area contributed by atoms with Crippen molar-refractivity contribution in [2.24, 2.45) is 0 Å². The van der Waals surface area contributed by atoms with E-state index in [0.717, 1.165) is 23.5 Å². The van der Waals surface area contributed by atoms with Crippen molar-refractivity contribution in [2.75, 3.05) is 25.0 Å². The molecule has 2 heterocycles. The number of rotatable bonds is 5. The summed E-state index contributed by atoms with van der Waals surface area (Å²) in [6.45, 7) is 6.17. The highest BCUT2D eigenvalue weighted by Gasteiger charge is 2.27. The van der Waals surface area contributed by atoms with E-state index in [4.69, 9.17) is 4.74 Å². The molecule has 1 aliphatic heterocycles. The predicted molar refractivity (Wildman–Crippen MR) is 95.5 cm³/mol. The Kier molecular flexibility index (Phi) is 5.78. The summed E-state index contributed by atoms with van der Waals surface area (Å²) in [5.41, 5.74) is 1.02. The SMILES string of the molecule is C[C@@H]1C[NH+](CC(=O)Nc2ncc(Cc3ccc(F)cc3)s2)C[C@@H](C)O1. The summed E-state index contributed by atoms with van der Waals surface area (Å²) in [6.07, 6.45) is 2.79. The van der Waals surface area contributed by atoms with E-state index in [9.17, 15) is 9.18 Å². The van der Waals surface area contributed by atoms with Gasteiger partial charge in [0.2, 0.25) is 0 Å². The highest BCUT2D eigenvalue weighted by Crippen LogP contribution is 2.21. The van der Waals surface area contributed by atoms with Gasteiger partial charge in [0.15, 0.2) is 11.7 Å². The first kappa shape index (κ1) is 18.0. The smallest absolute Gasteiger partial charge is 0.281 e. The number of carbonyl (C=O) groups is 1. The lowest BCUT2D eigenvalue weighted by molar-refractivity contribution is -0.907. The Hall–Kier alpha value is -1.83. The molecule has 134 valence electrons. The molecule has 5 nitrogen and oxygen atoms in total. The Morgan fingerprint density at radius 1 is 1.32 bits per heavy atom. The number of ether oxygens (including phenoxy) is 1. The number of hydrogen-bond donors (Lipinski definition) is 2. The maximum atomic E-state index is 12.9. The molecule has 0 unspecified atom stereocenters. The minimum Gasteiger partial charge on any atom is -0.364 e. The second-order valence-corrected chi connectivity index (χ2v) is 7.69. The summed E-state index contributed by atoms with van der Waals surface area (Å²) in [4.78, 5) is 18.8. The van der Waals surface area contributed by atoms with Crippen LogP contribution in [0.2, 0.25) is 0 Å². The van der Waals surface area contributed by atoms with Crippen LogP contribution in [0, 0.1) is 5.82 Å². The van der Waals surface area contributed by atoms with Crippen LogP contribution < -0.4 is 10.2 Å². The molecular weight excluding hydrogens is 341 g/mol. The van der Waals surface area contributed by atoms with Crippen LogP contribution in [-0.2, 0) is 16.0 Å². The van der Waals surface area contributed by atoms with E-state index in [1.54, 1.807) is 18.3 Å². The monoisotopic (exact) mass is 364 g/mol. The Morgan fingerprint density at radius 2 is 2.00 bits per heavy atom. The molecule has 0 aliphatic carbocycles. The van der Waals surface area contributed by atoms with Gasteiger partial charge in [-0.05, 0) is 31.5 Å². The van der Waals surface area contributed by atoms with Crippen LogP contribution in [0.25, 0.3) is 0 Å². The van der Waals surface area contributed by atoms with Crippen LogP contribution in [0.5, 0.6) is 0 Å². The van der Waals surface area contributed by atoms with Gasteiger partial charge in [0.25, 0.3) is 5.91 Å². The number of amides is 1. The lowest BCUT2D eigenvalue weighted by Crippen LogP contribution is -3.16. The van der Waals surface area contributed by atoms with Crippen molar-refractivity contribution in [3.05, 3.63) is 46.7 Å². The Balaban J connectivity index is 1.52. The maximum Gasteiger partial charge on any atom is 0.281 e. The quantitative estimate of drug-likeness (QED) is 0.846. The zero-order valence-corrected chi connectivity index (χ0v) is 15.2. The molecule has 1 amide bonds. The maximum absolute atomic E-state index is 12.9. The molecule has 1 saturated heterocycles. The molecule has 1 aliphatic rings. The zero-order valence-electron chi connectivity index (χ0n) is 14.4. The molecule has 1 aromatic heterocycles. The minimum absolute atomic E-state index is 0.0287. The van der Waals surface area contributed by atoms with Gasteiger partial charge in [-0.1, -0.05) is 12.1 Å². The molecule has 2 N–H and O–H groups in total. The lowest BCUT2D eigenvalue weighted by Gasteiger charge is -2.31. The van der Waals surface area contributed by atoms with Crippen LogP contribution in [0.4, 0.5) is 9.52 Å². The van der Waals surface area contributed by atoms with Crippen molar-refractivity contribution in [3.63, 3.8) is 0 Å². The average molecular weight is 364 g/mol. The van der Waals surface area contributed by atoms with Gasteiger partial charge in [-0.15, -0.1) is 11.3 Å². The van der Waals surface area contributed by atoms with E-state index in [0.29, 0.717) is 18.1 Å². The lowest BCUT2D eigenvalue weighted by atomic mass is 10.1. The largest absolute Gasteiger partial charge is 0.364 e. The normalized spacial score (nSPS) is 23.4. The molecular formula is C18H23FN3O2S+. The number of halogens is 1. The van der Waals surface area contributed by atoms with Crippen molar-refractivity contribution >= 4 is 22.4 Å². The molecule has 7 heteroatoms. The summed E-state index contributed by atoms with van der Waals surface area (Å²) in [5, 5.41) is 3.49. The Morgan fingerprint density at radius 3 is 2.68 bits per heavy atom. The number of hydrogen-bond acceptors (Lipinski definition) is 4. The molecule has 1 fully saturated rings. The van der Waals surface area contributed by atoms with E-state index in [1.165, 1.54) is 28.4 Å². The van der Waals surface area contributed by atoms with Crippen molar-refractivity contribution in [1.82, 2.24) is 4.98 Å².